The van der Waals surface area contributed by atoms with E-state index in [1.54, 1.807) is 37.1 Å². The van der Waals surface area contributed by atoms with E-state index < -0.39 is 0 Å². The molecule has 20 heavy (non-hydrogen) atoms. The molecule has 0 saturated carbocycles. The van der Waals surface area contributed by atoms with E-state index in [0.717, 1.165) is 5.75 Å². The summed E-state index contributed by atoms with van der Waals surface area (Å²) in [5.74, 6) is 2.02. The third-order valence-corrected chi connectivity index (χ3v) is 3.70. The molecule has 0 bridgehead atoms. The Labute approximate surface area is 128 Å². The van der Waals surface area contributed by atoms with E-state index in [2.05, 4.69) is 0 Å². The zero-order valence-electron chi connectivity index (χ0n) is 11.3. The molecular formula is C15H15NO2S2. The van der Waals surface area contributed by atoms with Crippen LogP contribution in [0.3, 0.4) is 0 Å². The molecule has 2 N–H and O–H groups in total. The first kappa shape index (κ1) is 14.7. The maximum absolute atomic E-state index is 5.86. The van der Waals surface area contributed by atoms with Crippen LogP contribution in [-0.4, -0.2) is 18.4 Å². The number of benzene rings is 2. The topological polar surface area (TPSA) is 44.5 Å². The Morgan fingerprint density at radius 1 is 1.10 bits per heavy atom. The Bertz CT molecular complexity index is 612. The summed E-state index contributed by atoms with van der Waals surface area (Å²) in [5, 5.41) is 0. The Morgan fingerprint density at radius 3 is 2.30 bits per heavy atom. The first-order valence-electron chi connectivity index (χ1n) is 5.94. The molecule has 0 aliphatic heterocycles. The summed E-state index contributed by atoms with van der Waals surface area (Å²) < 4.78 is 11.1. The fourth-order valence-corrected chi connectivity index (χ4v) is 2.27. The van der Waals surface area contributed by atoms with Gasteiger partial charge in [-0.1, -0.05) is 12.2 Å². The first-order chi connectivity index (χ1) is 9.63. The first-order valence-corrected chi connectivity index (χ1v) is 7.57. The highest BCUT2D eigenvalue weighted by Crippen LogP contribution is 2.30. The van der Waals surface area contributed by atoms with Crippen molar-refractivity contribution in [1.82, 2.24) is 0 Å². The van der Waals surface area contributed by atoms with Gasteiger partial charge in [0.25, 0.3) is 0 Å². The maximum atomic E-state index is 5.86. The van der Waals surface area contributed by atoms with Gasteiger partial charge in [-0.25, -0.2) is 0 Å². The number of methoxy groups -OCH3 is 1. The van der Waals surface area contributed by atoms with Crippen molar-refractivity contribution < 1.29 is 9.47 Å². The van der Waals surface area contributed by atoms with Crippen molar-refractivity contribution in [3.63, 3.8) is 0 Å². The zero-order chi connectivity index (χ0) is 14.5. The Kier molecular flexibility index (Phi) is 4.87. The van der Waals surface area contributed by atoms with Gasteiger partial charge in [0.2, 0.25) is 0 Å². The van der Waals surface area contributed by atoms with E-state index >= 15 is 0 Å². The van der Waals surface area contributed by atoms with Crippen LogP contribution >= 0.6 is 24.0 Å². The highest BCUT2D eigenvalue weighted by Gasteiger charge is 2.09. The number of thiocarbonyl (C=S) groups is 1. The molecule has 5 heteroatoms. The molecule has 0 aliphatic carbocycles. The minimum absolute atomic E-state index is 0.295. The predicted octanol–water partition coefficient (Wildman–Crippen LogP) is 3.84. The van der Waals surface area contributed by atoms with Gasteiger partial charge in [-0.15, -0.1) is 11.8 Å². The normalized spacial score (nSPS) is 10.1. The van der Waals surface area contributed by atoms with Crippen molar-refractivity contribution in [2.24, 2.45) is 5.73 Å². The fourth-order valence-electron chi connectivity index (χ4n) is 1.69. The summed E-state index contributed by atoms with van der Waals surface area (Å²) >= 11 is 6.72. The minimum Gasteiger partial charge on any atom is -0.497 e. The summed E-state index contributed by atoms with van der Waals surface area (Å²) in [4.78, 5) is 1.47. The van der Waals surface area contributed by atoms with Gasteiger partial charge in [0.05, 0.1) is 12.7 Å². The monoisotopic (exact) mass is 305 g/mol. The Balaban J connectivity index is 2.32. The largest absolute Gasteiger partial charge is 0.497 e. The highest BCUT2D eigenvalue weighted by molar-refractivity contribution is 7.98. The molecule has 104 valence electrons. The molecule has 2 rings (SSSR count). The maximum Gasteiger partial charge on any atom is 0.141 e. The second-order valence-electron chi connectivity index (χ2n) is 4.00. The number of ether oxygens (including phenoxy) is 2. The summed E-state index contributed by atoms with van der Waals surface area (Å²) in [6, 6.07) is 13.2. The molecule has 2 aromatic carbocycles. The molecule has 0 saturated heterocycles. The molecule has 0 radical (unpaired) electrons. The van der Waals surface area contributed by atoms with Crippen LogP contribution in [0.2, 0.25) is 0 Å². The van der Waals surface area contributed by atoms with Crippen LogP contribution in [-0.2, 0) is 0 Å². The second-order valence-corrected chi connectivity index (χ2v) is 5.32. The van der Waals surface area contributed by atoms with Gasteiger partial charge in [0.15, 0.2) is 0 Å². The molecule has 0 aliphatic rings. The number of rotatable bonds is 5. The van der Waals surface area contributed by atoms with Crippen LogP contribution in [0.5, 0.6) is 17.2 Å². The molecule has 0 heterocycles. The molecule has 0 unspecified atom stereocenters. The third kappa shape index (κ3) is 3.43. The van der Waals surface area contributed by atoms with E-state index in [4.69, 9.17) is 27.4 Å². The smallest absolute Gasteiger partial charge is 0.141 e. The van der Waals surface area contributed by atoms with Crippen molar-refractivity contribution in [1.29, 1.82) is 0 Å². The standard InChI is InChI=1S/C15H15NO2S2/c1-17-11-5-8-13(15(16)19)14(9-11)18-10-3-6-12(20-2)7-4-10/h3-9H,1-2H3,(H2,16,19). The number of hydrogen-bond donors (Lipinski definition) is 1. The van der Waals surface area contributed by atoms with Crippen molar-refractivity contribution >= 4 is 29.0 Å². The summed E-state index contributed by atoms with van der Waals surface area (Å²) in [5.41, 5.74) is 6.40. The highest BCUT2D eigenvalue weighted by atomic mass is 32.2. The lowest BCUT2D eigenvalue weighted by Crippen LogP contribution is -2.10. The average Bonchev–Trinajstić information content (AvgIpc) is 2.47. The van der Waals surface area contributed by atoms with Crippen LogP contribution in [0.4, 0.5) is 0 Å². The second kappa shape index (κ2) is 6.63. The molecule has 0 atom stereocenters. The van der Waals surface area contributed by atoms with Gasteiger partial charge >= 0.3 is 0 Å². The van der Waals surface area contributed by atoms with Crippen LogP contribution < -0.4 is 15.2 Å². The van der Waals surface area contributed by atoms with Crippen LogP contribution in [0.25, 0.3) is 0 Å². The molecule has 0 fully saturated rings. The molecule has 0 amide bonds. The van der Waals surface area contributed by atoms with Gasteiger partial charge in [-0.3, -0.25) is 0 Å². The predicted molar refractivity (Wildman–Crippen MR) is 87.2 cm³/mol. The van der Waals surface area contributed by atoms with Gasteiger partial charge in [0, 0.05) is 11.0 Å². The molecular weight excluding hydrogens is 290 g/mol. The van der Waals surface area contributed by atoms with Crippen LogP contribution in [0.1, 0.15) is 5.56 Å². The van der Waals surface area contributed by atoms with Crippen molar-refractivity contribution in [3.05, 3.63) is 48.0 Å². The van der Waals surface area contributed by atoms with Crippen molar-refractivity contribution in [2.75, 3.05) is 13.4 Å². The average molecular weight is 305 g/mol. The van der Waals surface area contributed by atoms with Crippen molar-refractivity contribution in [2.45, 2.75) is 4.90 Å². The molecule has 0 aromatic heterocycles. The SMILES string of the molecule is COc1ccc(C(N)=S)c(Oc2ccc(SC)cc2)c1. The van der Waals surface area contributed by atoms with E-state index in [9.17, 15) is 0 Å². The van der Waals surface area contributed by atoms with Crippen LogP contribution in [0, 0.1) is 0 Å². The van der Waals surface area contributed by atoms with Gasteiger partial charge in [0.1, 0.15) is 22.2 Å². The molecule has 0 spiro atoms. The van der Waals surface area contributed by atoms with E-state index in [1.807, 2.05) is 30.5 Å². The zero-order valence-corrected chi connectivity index (χ0v) is 12.9. The van der Waals surface area contributed by atoms with E-state index in [0.29, 0.717) is 22.1 Å². The van der Waals surface area contributed by atoms with E-state index in [-0.39, 0.29) is 0 Å². The number of nitrogens with two attached hydrogens (primary N) is 1. The number of thioether (sulfide) groups is 1. The van der Waals surface area contributed by atoms with Gasteiger partial charge in [-0.2, -0.15) is 0 Å². The molecule has 3 nitrogen and oxygen atoms in total. The summed E-state index contributed by atoms with van der Waals surface area (Å²) in [6.07, 6.45) is 2.03. The Hall–Kier alpha value is -1.72. The number of hydrogen-bond acceptors (Lipinski definition) is 4. The lowest BCUT2D eigenvalue weighted by Gasteiger charge is -2.12. The molecule has 2 aromatic rings. The van der Waals surface area contributed by atoms with Gasteiger partial charge < -0.3 is 15.2 Å². The minimum atomic E-state index is 0.295. The Morgan fingerprint density at radius 2 is 1.75 bits per heavy atom. The van der Waals surface area contributed by atoms with Crippen LogP contribution in [0.15, 0.2) is 47.4 Å². The summed E-state index contributed by atoms with van der Waals surface area (Å²) in [6.45, 7) is 0. The third-order valence-electron chi connectivity index (χ3n) is 2.74. The lowest BCUT2D eigenvalue weighted by atomic mass is 10.2. The lowest BCUT2D eigenvalue weighted by molar-refractivity contribution is 0.409. The quantitative estimate of drug-likeness (QED) is 0.671. The summed E-state index contributed by atoms with van der Waals surface area (Å²) in [7, 11) is 1.60. The van der Waals surface area contributed by atoms with E-state index in [1.165, 1.54) is 4.90 Å². The fraction of sp³-hybridized carbons (Fsp3) is 0.133. The van der Waals surface area contributed by atoms with Crippen molar-refractivity contribution in [3.8, 4) is 17.2 Å². The van der Waals surface area contributed by atoms with Gasteiger partial charge in [-0.05, 0) is 42.7 Å².